The monoisotopic (exact) mass is 316 g/mol. The molecular formula is C11H13BrN2S2. The summed E-state index contributed by atoms with van der Waals surface area (Å²) in [6, 6.07) is 2.73. The standard InChI is InChI=1S/C11H13BrN2S2/c1-7(10-9(12)3-5-15-10)14-8(2)11-13-4-6-16-11/h3-8,14H,1-2H3. The molecule has 0 aromatic carbocycles. The zero-order valence-corrected chi connectivity index (χ0v) is 12.3. The minimum absolute atomic E-state index is 0.295. The lowest BCUT2D eigenvalue weighted by molar-refractivity contribution is 0.497. The minimum atomic E-state index is 0.295. The quantitative estimate of drug-likeness (QED) is 0.905. The van der Waals surface area contributed by atoms with Crippen molar-refractivity contribution in [3.8, 4) is 0 Å². The topological polar surface area (TPSA) is 24.9 Å². The van der Waals surface area contributed by atoms with Gasteiger partial charge in [-0.2, -0.15) is 0 Å². The van der Waals surface area contributed by atoms with Gasteiger partial charge in [0.05, 0.1) is 6.04 Å². The molecule has 0 amide bonds. The molecule has 0 saturated heterocycles. The highest BCUT2D eigenvalue weighted by molar-refractivity contribution is 9.10. The molecule has 2 unspecified atom stereocenters. The summed E-state index contributed by atoms with van der Waals surface area (Å²) in [6.07, 6.45) is 1.85. The second-order valence-corrected chi connectivity index (χ2v) is 6.34. The van der Waals surface area contributed by atoms with Gasteiger partial charge in [-0.15, -0.1) is 22.7 Å². The SMILES string of the molecule is CC(NC(C)c1sccc1Br)c1nccs1. The highest BCUT2D eigenvalue weighted by Gasteiger charge is 2.15. The van der Waals surface area contributed by atoms with Crippen molar-refractivity contribution >= 4 is 38.6 Å². The van der Waals surface area contributed by atoms with Gasteiger partial charge < -0.3 is 5.32 Å². The average molecular weight is 317 g/mol. The van der Waals surface area contributed by atoms with Crippen molar-refractivity contribution in [3.63, 3.8) is 0 Å². The van der Waals surface area contributed by atoms with Gasteiger partial charge >= 0.3 is 0 Å². The van der Waals surface area contributed by atoms with E-state index in [0.29, 0.717) is 12.1 Å². The Morgan fingerprint density at radius 3 is 2.62 bits per heavy atom. The van der Waals surface area contributed by atoms with Crippen molar-refractivity contribution in [1.29, 1.82) is 0 Å². The first-order valence-electron chi connectivity index (χ1n) is 5.07. The van der Waals surface area contributed by atoms with Crippen LogP contribution in [0.2, 0.25) is 0 Å². The fourth-order valence-electron chi connectivity index (χ4n) is 1.58. The third-order valence-corrected chi connectivity index (χ3v) is 5.37. The predicted molar refractivity (Wildman–Crippen MR) is 74.1 cm³/mol. The van der Waals surface area contributed by atoms with E-state index in [0.717, 1.165) is 5.01 Å². The first-order chi connectivity index (χ1) is 7.68. The van der Waals surface area contributed by atoms with Crippen LogP contribution in [0.3, 0.4) is 0 Å². The summed E-state index contributed by atoms with van der Waals surface area (Å²) in [7, 11) is 0. The number of aromatic nitrogens is 1. The van der Waals surface area contributed by atoms with E-state index in [1.807, 2.05) is 11.6 Å². The summed E-state index contributed by atoms with van der Waals surface area (Å²) < 4.78 is 1.18. The van der Waals surface area contributed by atoms with Gasteiger partial charge in [-0.3, -0.25) is 0 Å². The Labute approximate surface area is 112 Å². The molecule has 1 N–H and O–H groups in total. The number of hydrogen-bond donors (Lipinski definition) is 1. The molecule has 0 aliphatic carbocycles. The van der Waals surface area contributed by atoms with Crippen molar-refractivity contribution in [2.24, 2.45) is 0 Å². The Kier molecular flexibility index (Phi) is 4.13. The largest absolute Gasteiger partial charge is 0.301 e. The van der Waals surface area contributed by atoms with Crippen molar-refractivity contribution in [2.45, 2.75) is 25.9 Å². The van der Waals surface area contributed by atoms with Crippen LogP contribution < -0.4 is 5.32 Å². The summed E-state index contributed by atoms with van der Waals surface area (Å²) in [5.41, 5.74) is 0. The molecule has 0 radical (unpaired) electrons. The zero-order valence-electron chi connectivity index (χ0n) is 9.11. The Balaban J connectivity index is 2.03. The van der Waals surface area contributed by atoms with Gasteiger partial charge in [0.25, 0.3) is 0 Å². The molecule has 2 nitrogen and oxygen atoms in total. The van der Waals surface area contributed by atoms with E-state index in [9.17, 15) is 0 Å². The third kappa shape index (κ3) is 2.71. The van der Waals surface area contributed by atoms with Crippen LogP contribution in [0.5, 0.6) is 0 Å². The lowest BCUT2D eigenvalue weighted by Crippen LogP contribution is -2.21. The van der Waals surface area contributed by atoms with Crippen LogP contribution in [-0.2, 0) is 0 Å². The highest BCUT2D eigenvalue weighted by atomic mass is 79.9. The van der Waals surface area contributed by atoms with Crippen LogP contribution in [0.25, 0.3) is 0 Å². The number of nitrogens with one attached hydrogen (secondary N) is 1. The molecule has 2 aromatic heterocycles. The molecule has 5 heteroatoms. The van der Waals surface area contributed by atoms with Crippen molar-refractivity contribution in [2.75, 3.05) is 0 Å². The number of halogens is 1. The number of thiophene rings is 1. The Morgan fingerprint density at radius 2 is 2.06 bits per heavy atom. The van der Waals surface area contributed by atoms with E-state index in [1.54, 1.807) is 22.7 Å². The molecule has 2 heterocycles. The molecular weight excluding hydrogens is 304 g/mol. The molecule has 2 rings (SSSR count). The summed E-state index contributed by atoms with van der Waals surface area (Å²) in [6.45, 7) is 4.33. The maximum atomic E-state index is 4.32. The van der Waals surface area contributed by atoms with Crippen molar-refractivity contribution in [3.05, 3.63) is 37.4 Å². The molecule has 0 fully saturated rings. The van der Waals surface area contributed by atoms with E-state index < -0.39 is 0 Å². The van der Waals surface area contributed by atoms with Crippen molar-refractivity contribution < 1.29 is 0 Å². The molecule has 86 valence electrons. The van der Waals surface area contributed by atoms with Crippen LogP contribution >= 0.6 is 38.6 Å². The summed E-state index contributed by atoms with van der Waals surface area (Å²) in [5, 5.41) is 8.81. The second-order valence-electron chi connectivity index (χ2n) is 3.61. The van der Waals surface area contributed by atoms with E-state index in [-0.39, 0.29) is 0 Å². The fraction of sp³-hybridized carbons (Fsp3) is 0.364. The van der Waals surface area contributed by atoms with Gasteiger partial charge in [0.1, 0.15) is 5.01 Å². The van der Waals surface area contributed by atoms with Crippen LogP contribution in [0.15, 0.2) is 27.5 Å². The molecule has 0 aliphatic rings. The normalized spacial score (nSPS) is 14.9. The van der Waals surface area contributed by atoms with Gasteiger partial charge in [-0.25, -0.2) is 4.98 Å². The Bertz CT molecular complexity index is 439. The van der Waals surface area contributed by atoms with Crippen LogP contribution in [0.4, 0.5) is 0 Å². The summed E-state index contributed by atoms with van der Waals surface area (Å²) in [4.78, 5) is 5.66. The number of rotatable bonds is 4. The van der Waals surface area contributed by atoms with Gasteiger partial charge in [0.15, 0.2) is 0 Å². The molecule has 0 aliphatic heterocycles. The van der Waals surface area contributed by atoms with Crippen LogP contribution in [0, 0.1) is 0 Å². The van der Waals surface area contributed by atoms with Gasteiger partial charge in [0, 0.05) is 27.0 Å². The first kappa shape index (κ1) is 12.2. The maximum Gasteiger partial charge on any atom is 0.109 e. The Hall–Kier alpha value is -0.230. The zero-order chi connectivity index (χ0) is 11.5. The predicted octanol–water partition coefficient (Wildman–Crippen LogP) is 4.38. The summed E-state index contributed by atoms with van der Waals surface area (Å²) in [5.74, 6) is 0. The van der Waals surface area contributed by atoms with Crippen molar-refractivity contribution in [1.82, 2.24) is 10.3 Å². The van der Waals surface area contributed by atoms with E-state index in [1.165, 1.54) is 9.35 Å². The molecule has 0 saturated carbocycles. The van der Waals surface area contributed by atoms with E-state index in [4.69, 9.17) is 0 Å². The molecule has 2 atom stereocenters. The van der Waals surface area contributed by atoms with Gasteiger partial charge in [0.2, 0.25) is 0 Å². The fourth-order valence-corrected chi connectivity index (χ4v) is 3.97. The Morgan fingerprint density at radius 1 is 1.25 bits per heavy atom. The number of thiazole rings is 1. The average Bonchev–Trinajstić information content (AvgIpc) is 2.86. The number of hydrogen-bond acceptors (Lipinski definition) is 4. The summed E-state index contributed by atoms with van der Waals surface area (Å²) >= 11 is 7.03. The number of nitrogens with zero attached hydrogens (tertiary/aromatic N) is 1. The minimum Gasteiger partial charge on any atom is -0.301 e. The third-order valence-electron chi connectivity index (χ3n) is 2.36. The van der Waals surface area contributed by atoms with Crippen LogP contribution in [0.1, 0.15) is 35.8 Å². The molecule has 2 aromatic rings. The molecule has 0 bridgehead atoms. The molecule has 0 spiro atoms. The van der Waals surface area contributed by atoms with Gasteiger partial charge in [-0.1, -0.05) is 0 Å². The molecule has 16 heavy (non-hydrogen) atoms. The van der Waals surface area contributed by atoms with Gasteiger partial charge in [-0.05, 0) is 41.2 Å². The van der Waals surface area contributed by atoms with E-state index in [2.05, 4.69) is 51.5 Å². The smallest absolute Gasteiger partial charge is 0.109 e. The lowest BCUT2D eigenvalue weighted by Gasteiger charge is -2.17. The maximum absolute atomic E-state index is 4.32. The van der Waals surface area contributed by atoms with Crippen LogP contribution in [-0.4, -0.2) is 4.98 Å². The second kappa shape index (κ2) is 5.40. The van der Waals surface area contributed by atoms with E-state index >= 15 is 0 Å². The lowest BCUT2D eigenvalue weighted by atomic mass is 10.2. The highest BCUT2D eigenvalue weighted by Crippen LogP contribution is 2.30. The first-order valence-corrected chi connectivity index (χ1v) is 7.62.